The number of likely N-dealkylation sites (tertiary alicyclic amines) is 1. The van der Waals surface area contributed by atoms with E-state index in [1.165, 1.54) is 25.8 Å². The van der Waals surface area contributed by atoms with E-state index in [9.17, 15) is 8.42 Å². The number of hydrogen-bond donors (Lipinski definition) is 2. The first-order valence-corrected chi connectivity index (χ1v) is 12.0. The summed E-state index contributed by atoms with van der Waals surface area (Å²) in [7, 11) is -1.26. The van der Waals surface area contributed by atoms with Gasteiger partial charge in [-0.3, -0.25) is 0 Å². The minimum absolute atomic E-state index is 0.354. The van der Waals surface area contributed by atoms with Gasteiger partial charge in [0.15, 0.2) is 0 Å². The number of H-pyrrole nitrogens is 1. The van der Waals surface area contributed by atoms with E-state index in [4.69, 9.17) is 4.74 Å². The van der Waals surface area contributed by atoms with E-state index in [0.29, 0.717) is 24.3 Å². The van der Waals surface area contributed by atoms with Crippen LogP contribution in [0.25, 0.3) is 10.9 Å². The first-order chi connectivity index (χ1) is 13.5. The highest BCUT2D eigenvalue weighted by Crippen LogP contribution is 2.26. The average Bonchev–Trinajstić information content (AvgIpc) is 3.28. The third-order valence-electron chi connectivity index (χ3n) is 5.75. The Morgan fingerprint density at radius 3 is 2.93 bits per heavy atom. The van der Waals surface area contributed by atoms with Gasteiger partial charge in [-0.2, -0.15) is 0 Å². The molecule has 7 heteroatoms. The number of nitrogens with zero attached hydrogens (tertiary/aromatic N) is 1. The summed E-state index contributed by atoms with van der Waals surface area (Å²) in [6.07, 6.45) is 8.73. The topological polar surface area (TPSA) is 74.4 Å². The monoisotopic (exact) mass is 407 g/mol. The average molecular weight is 408 g/mol. The Balaban J connectivity index is 1.44. The standard InChI is InChI=1S/C21H33N3O3S/c1-3-5-17(14-19-6-4-13-24(19)2)9-12-23-28(25,26)16-27-20-7-8-21-18(15-20)10-11-22-21/h7-8,10-11,15,17,19,22-23H,3-6,9,12-14,16H2,1-2H3. The van der Waals surface area contributed by atoms with E-state index in [0.717, 1.165) is 30.2 Å². The lowest BCUT2D eigenvalue weighted by Crippen LogP contribution is -2.32. The molecule has 2 atom stereocenters. The number of ether oxygens (including phenoxy) is 1. The van der Waals surface area contributed by atoms with Crippen LogP contribution in [0.3, 0.4) is 0 Å². The van der Waals surface area contributed by atoms with Crippen LogP contribution < -0.4 is 9.46 Å². The summed E-state index contributed by atoms with van der Waals surface area (Å²) in [5.41, 5.74) is 1.00. The zero-order valence-electron chi connectivity index (χ0n) is 17.0. The number of benzene rings is 1. The van der Waals surface area contributed by atoms with E-state index in [-0.39, 0.29) is 5.94 Å². The van der Waals surface area contributed by atoms with Gasteiger partial charge in [0, 0.05) is 29.7 Å². The molecule has 0 radical (unpaired) electrons. The molecule has 1 aromatic carbocycles. The molecule has 3 rings (SSSR count). The Morgan fingerprint density at radius 2 is 2.18 bits per heavy atom. The number of fused-ring (bicyclic) bond motifs is 1. The van der Waals surface area contributed by atoms with Crippen LogP contribution in [0.1, 0.15) is 45.4 Å². The maximum atomic E-state index is 12.3. The molecule has 1 fully saturated rings. The second-order valence-corrected chi connectivity index (χ2v) is 9.71. The smallest absolute Gasteiger partial charge is 0.246 e. The predicted octanol–water partition coefficient (Wildman–Crippen LogP) is 3.71. The normalized spacial score (nSPS) is 19.3. The lowest BCUT2D eigenvalue weighted by Gasteiger charge is -2.25. The van der Waals surface area contributed by atoms with Crippen molar-refractivity contribution in [2.45, 2.75) is 51.5 Å². The van der Waals surface area contributed by atoms with Crippen molar-refractivity contribution in [3.63, 3.8) is 0 Å². The lowest BCUT2D eigenvalue weighted by molar-refractivity contribution is 0.247. The van der Waals surface area contributed by atoms with Crippen molar-refractivity contribution in [1.82, 2.24) is 14.6 Å². The predicted molar refractivity (Wildman–Crippen MR) is 114 cm³/mol. The molecule has 0 aliphatic carbocycles. The highest BCUT2D eigenvalue weighted by atomic mass is 32.2. The largest absolute Gasteiger partial charge is 0.476 e. The van der Waals surface area contributed by atoms with Crippen molar-refractivity contribution in [2.75, 3.05) is 26.1 Å². The molecule has 6 nitrogen and oxygen atoms in total. The van der Waals surface area contributed by atoms with Crippen molar-refractivity contribution >= 4 is 20.9 Å². The van der Waals surface area contributed by atoms with Gasteiger partial charge >= 0.3 is 0 Å². The van der Waals surface area contributed by atoms with Crippen molar-refractivity contribution in [2.24, 2.45) is 5.92 Å². The lowest BCUT2D eigenvalue weighted by atomic mass is 9.91. The van der Waals surface area contributed by atoms with Crippen LogP contribution in [0.2, 0.25) is 0 Å². The number of aromatic amines is 1. The van der Waals surface area contributed by atoms with Crippen LogP contribution in [0.4, 0.5) is 0 Å². The Hall–Kier alpha value is -1.57. The van der Waals surface area contributed by atoms with Crippen molar-refractivity contribution in [1.29, 1.82) is 0 Å². The molecule has 28 heavy (non-hydrogen) atoms. The molecule has 1 aliphatic heterocycles. The van der Waals surface area contributed by atoms with E-state index < -0.39 is 10.0 Å². The first-order valence-electron chi connectivity index (χ1n) is 10.3. The molecule has 0 spiro atoms. The Morgan fingerprint density at radius 1 is 1.32 bits per heavy atom. The molecule has 2 unspecified atom stereocenters. The quantitative estimate of drug-likeness (QED) is 0.595. The van der Waals surface area contributed by atoms with Crippen LogP contribution in [0.15, 0.2) is 30.5 Å². The Labute approximate surface area is 168 Å². The van der Waals surface area contributed by atoms with Gasteiger partial charge in [-0.05, 0) is 69.5 Å². The molecule has 0 amide bonds. The SMILES string of the molecule is CCCC(CCNS(=O)(=O)COc1ccc2[nH]ccc2c1)CC1CCCN1C. The second kappa shape index (κ2) is 9.76. The molecule has 0 bridgehead atoms. The third kappa shape index (κ3) is 5.96. The number of sulfonamides is 1. The van der Waals surface area contributed by atoms with Gasteiger partial charge in [0.2, 0.25) is 16.0 Å². The van der Waals surface area contributed by atoms with E-state index in [1.807, 2.05) is 24.4 Å². The van der Waals surface area contributed by atoms with Gasteiger partial charge in [0.05, 0.1) is 0 Å². The molecule has 1 saturated heterocycles. The summed E-state index contributed by atoms with van der Waals surface area (Å²) in [5.74, 6) is 0.771. The number of hydrogen-bond acceptors (Lipinski definition) is 4. The summed E-state index contributed by atoms with van der Waals surface area (Å²) in [5, 5.41) is 1.00. The molecular weight excluding hydrogens is 374 g/mol. The van der Waals surface area contributed by atoms with Gasteiger partial charge in [-0.15, -0.1) is 0 Å². The second-order valence-electron chi connectivity index (χ2n) is 7.95. The van der Waals surface area contributed by atoms with Gasteiger partial charge in [0.25, 0.3) is 0 Å². The van der Waals surface area contributed by atoms with Gasteiger partial charge < -0.3 is 14.6 Å². The number of aromatic nitrogens is 1. The fourth-order valence-corrected chi connectivity index (χ4v) is 4.98. The van der Waals surface area contributed by atoms with Crippen molar-refractivity contribution < 1.29 is 13.2 Å². The van der Waals surface area contributed by atoms with Crippen LogP contribution in [-0.2, 0) is 10.0 Å². The summed E-state index contributed by atoms with van der Waals surface area (Å²) >= 11 is 0. The minimum atomic E-state index is -3.46. The molecule has 1 aliphatic rings. The zero-order valence-corrected chi connectivity index (χ0v) is 17.8. The Kier molecular flexibility index (Phi) is 7.37. The van der Waals surface area contributed by atoms with E-state index in [1.54, 1.807) is 6.07 Å². The Bertz CT molecular complexity index is 849. The molecule has 2 N–H and O–H groups in total. The highest BCUT2D eigenvalue weighted by Gasteiger charge is 2.24. The minimum Gasteiger partial charge on any atom is -0.476 e. The highest BCUT2D eigenvalue weighted by molar-refractivity contribution is 7.89. The molecule has 1 aromatic heterocycles. The van der Waals surface area contributed by atoms with Gasteiger partial charge in [0.1, 0.15) is 5.75 Å². The van der Waals surface area contributed by atoms with Crippen LogP contribution in [-0.4, -0.2) is 50.4 Å². The van der Waals surface area contributed by atoms with Crippen molar-refractivity contribution in [3.8, 4) is 5.75 Å². The van der Waals surface area contributed by atoms with E-state index >= 15 is 0 Å². The fourth-order valence-electron chi connectivity index (χ4n) is 4.18. The van der Waals surface area contributed by atoms with Crippen LogP contribution in [0.5, 0.6) is 5.75 Å². The van der Waals surface area contributed by atoms with E-state index in [2.05, 4.69) is 28.6 Å². The first kappa shape index (κ1) is 21.1. The summed E-state index contributed by atoms with van der Waals surface area (Å²) in [4.78, 5) is 5.55. The van der Waals surface area contributed by atoms with Crippen molar-refractivity contribution in [3.05, 3.63) is 30.5 Å². The molecule has 2 aromatic rings. The fraction of sp³-hybridized carbons (Fsp3) is 0.619. The van der Waals surface area contributed by atoms with Gasteiger partial charge in [-0.25, -0.2) is 13.1 Å². The van der Waals surface area contributed by atoms with Crippen LogP contribution in [0, 0.1) is 5.92 Å². The molecule has 2 heterocycles. The number of nitrogens with one attached hydrogen (secondary N) is 2. The van der Waals surface area contributed by atoms with Crippen LogP contribution >= 0.6 is 0 Å². The molecule has 0 saturated carbocycles. The molecule has 156 valence electrons. The summed E-state index contributed by atoms with van der Waals surface area (Å²) in [6, 6.07) is 8.10. The molecular formula is C21H33N3O3S. The summed E-state index contributed by atoms with van der Waals surface area (Å²) < 4.78 is 32.8. The maximum absolute atomic E-state index is 12.3. The number of rotatable bonds is 11. The van der Waals surface area contributed by atoms with Gasteiger partial charge in [-0.1, -0.05) is 19.8 Å². The summed E-state index contributed by atoms with van der Waals surface area (Å²) in [6.45, 7) is 3.86. The maximum Gasteiger partial charge on any atom is 0.246 e. The zero-order chi connectivity index (χ0) is 20.0. The third-order valence-corrected chi connectivity index (χ3v) is 6.83.